The number of aryl methyl sites for hydroxylation is 1. The third-order valence-electron chi connectivity index (χ3n) is 3.27. The summed E-state index contributed by atoms with van der Waals surface area (Å²) < 4.78 is 3.13. The van der Waals surface area contributed by atoms with E-state index in [1.165, 1.54) is 4.68 Å². The maximum absolute atomic E-state index is 11.3. The van der Waals surface area contributed by atoms with E-state index in [1.807, 2.05) is 6.92 Å². The standard InChI is InChI=1S/C11H16N6O2/c1-4-11(2,10(18)19)7-17-9(12-14-15-17)8-5-6-16(3)13-8/h5-6H,4,7H2,1-3H3,(H,18,19). The number of rotatable bonds is 5. The Kier molecular flexibility index (Phi) is 3.32. The van der Waals surface area contributed by atoms with Crippen molar-refractivity contribution in [2.75, 3.05) is 0 Å². The van der Waals surface area contributed by atoms with Gasteiger partial charge in [0.05, 0.1) is 12.0 Å². The van der Waals surface area contributed by atoms with E-state index in [9.17, 15) is 9.90 Å². The second-order valence-corrected chi connectivity index (χ2v) is 4.75. The second-order valence-electron chi connectivity index (χ2n) is 4.75. The van der Waals surface area contributed by atoms with Gasteiger partial charge in [0.1, 0.15) is 5.69 Å². The zero-order valence-corrected chi connectivity index (χ0v) is 11.1. The third-order valence-corrected chi connectivity index (χ3v) is 3.27. The number of carboxylic acid groups (broad SMARTS) is 1. The van der Waals surface area contributed by atoms with E-state index in [0.717, 1.165) is 0 Å². The van der Waals surface area contributed by atoms with E-state index in [1.54, 1.807) is 30.9 Å². The second kappa shape index (κ2) is 4.79. The largest absolute Gasteiger partial charge is 0.481 e. The molecule has 0 radical (unpaired) electrons. The molecule has 0 bridgehead atoms. The number of aromatic nitrogens is 6. The van der Waals surface area contributed by atoms with Gasteiger partial charge < -0.3 is 5.11 Å². The van der Waals surface area contributed by atoms with Crippen molar-refractivity contribution in [3.63, 3.8) is 0 Å². The van der Waals surface area contributed by atoms with Crippen LogP contribution in [0.2, 0.25) is 0 Å². The minimum absolute atomic E-state index is 0.206. The molecule has 0 saturated carbocycles. The van der Waals surface area contributed by atoms with Gasteiger partial charge in [0.2, 0.25) is 5.82 Å². The first kappa shape index (κ1) is 13.2. The van der Waals surface area contributed by atoms with Crippen molar-refractivity contribution in [3.05, 3.63) is 12.3 Å². The fraction of sp³-hybridized carbons (Fsp3) is 0.545. The summed E-state index contributed by atoms with van der Waals surface area (Å²) >= 11 is 0. The molecule has 8 nitrogen and oxygen atoms in total. The first-order valence-electron chi connectivity index (χ1n) is 5.96. The highest BCUT2D eigenvalue weighted by atomic mass is 16.4. The number of aliphatic carboxylic acids is 1. The van der Waals surface area contributed by atoms with Crippen LogP contribution in [0.5, 0.6) is 0 Å². The molecule has 2 heterocycles. The van der Waals surface area contributed by atoms with Crippen LogP contribution in [0, 0.1) is 5.41 Å². The summed E-state index contributed by atoms with van der Waals surface area (Å²) in [6.45, 7) is 3.72. The molecule has 0 aromatic carbocycles. The zero-order valence-electron chi connectivity index (χ0n) is 11.1. The molecule has 8 heteroatoms. The topological polar surface area (TPSA) is 98.7 Å². The van der Waals surface area contributed by atoms with Crippen LogP contribution in [0.3, 0.4) is 0 Å². The maximum atomic E-state index is 11.3. The predicted octanol–water partition coefficient (Wildman–Crippen LogP) is 0.574. The Hall–Kier alpha value is -2.25. The van der Waals surface area contributed by atoms with Crippen molar-refractivity contribution in [1.82, 2.24) is 30.0 Å². The average Bonchev–Trinajstić information content (AvgIpc) is 2.97. The van der Waals surface area contributed by atoms with Crippen molar-refractivity contribution in [1.29, 1.82) is 0 Å². The van der Waals surface area contributed by atoms with E-state index >= 15 is 0 Å². The highest BCUT2D eigenvalue weighted by Crippen LogP contribution is 2.25. The summed E-state index contributed by atoms with van der Waals surface area (Å²) in [5, 5.41) is 24.9. The van der Waals surface area contributed by atoms with Crippen molar-refractivity contribution >= 4 is 5.97 Å². The Morgan fingerprint density at radius 3 is 2.79 bits per heavy atom. The van der Waals surface area contributed by atoms with Crippen LogP contribution in [0.4, 0.5) is 0 Å². The minimum Gasteiger partial charge on any atom is -0.481 e. The fourth-order valence-corrected chi connectivity index (χ4v) is 1.69. The summed E-state index contributed by atoms with van der Waals surface area (Å²) in [6, 6.07) is 1.78. The third kappa shape index (κ3) is 2.47. The summed E-state index contributed by atoms with van der Waals surface area (Å²) in [4.78, 5) is 11.3. The summed E-state index contributed by atoms with van der Waals surface area (Å²) in [6.07, 6.45) is 2.27. The van der Waals surface area contributed by atoms with Gasteiger partial charge in [0, 0.05) is 13.2 Å². The molecule has 1 atom stereocenters. The summed E-state index contributed by atoms with van der Waals surface area (Å²) in [5.74, 6) is -0.390. The smallest absolute Gasteiger partial charge is 0.311 e. The van der Waals surface area contributed by atoms with Gasteiger partial charge in [-0.2, -0.15) is 5.10 Å². The van der Waals surface area contributed by atoms with Gasteiger partial charge in [0.25, 0.3) is 0 Å². The van der Waals surface area contributed by atoms with Crippen molar-refractivity contribution in [2.24, 2.45) is 12.5 Å². The van der Waals surface area contributed by atoms with E-state index in [2.05, 4.69) is 20.6 Å². The molecule has 0 fully saturated rings. The van der Waals surface area contributed by atoms with E-state index < -0.39 is 11.4 Å². The molecule has 0 aliphatic carbocycles. The van der Waals surface area contributed by atoms with Gasteiger partial charge in [-0.15, -0.1) is 5.10 Å². The monoisotopic (exact) mass is 264 g/mol. The molecule has 102 valence electrons. The summed E-state index contributed by atoms with van der Waals surface area (Å²) in [5.41, 5.74) is -0.282. The lowest BCUT2D eigenvalue weighted by Gasteiger charge is -2.22. The molecule has 0 amide bonds. The molecule has 2 aromatic heterocycles. The lowest BCUT2D eigenvalue weighted by atomic mass is 9.88. The van der Waals surface area contributed by atoms with Gasteiger partial charge in [0.15, 0.2) is 0 Å². The van der Waals surface area contributed by atoms with Gasteiger partial charge >= 0.3 is 5.97 Å². The predicted molar refractivity (Wildman–Crippen MR) is 66.1 cm³/mol. The molecule has 1 N–H and O–H groups in total. The molecule has 0 spiro atoms. The molecule has 0 saturated heterocycles. The Balaban J connectivity index is 2.33. The highest BCUT2D eigenvalue weighted by Gasteiger charge is 2.33. The van der Waals surface area contributed by atoms with Crippen molar-refractivity contribution < 1.29 is 9.90 Å². The van der Waals surface area contributed by atoms with Crippen molar-refractivity contribution in [2.45, 2.75) is 26.8 Å². The molecule has 19 heavy (non-hydrogen) atoms. The molecule has 0 aliphatic heterocycles. The van der Waals surface area contributed by atoms with Gasteiger partial charge in [-0.25, -0.2) is 4.68 Å². The average molecular weight is 264 g/mol. The molecular weight excluding hydrogens is 248 g/mol. The Morgan fingerprint density at radius 2 is 2.26 bits per heavy atom. The highest BCUT2D eigenvalue weighted by molar-refractivity contribution is 5.74. The van der Waals surface area contributed by atoms with Crippen LogP contribution in [-0.4, -0.2) is 41.1 Å². The van der Waals surface area contributed by atoms with E-state index in [4.69, 9.17) is 0 Å². The lowest BCUT2D eigenvalue weighted by molar-refractivity contribution is -0.149. The van der Waals surface area contributed by atoms with Crippen LogP contribution >= 0.6 is 0 Å². The molecule has 1 unspecified atom stereocenters. The zero-order chi connectivity index (χ0) is 14.0. The molecule has 0 aliphatic rings. The van der Waals surface area contributed by atoms with Gasteiger partial charge in [-0.3, -0.25) is 9.48 Å². The normalized spacial score (nSPS) is 14.3. The maximum Gasteiger partial charge on any atom is 0.311 e. The number of tetrazole rings is 1. The van der Waals surface area contributed by atoms with Crippen LogP contribution < -0.4 is 0 Å². The Labute approximate surface area is 110 Å². The first-order valence-corrected chi connectivity index (χ1v) is 5.96. The quantitative estimate of drug-likeness (QED) is 0.847. The van der Waals surface area contributed by atoms with Crippen LogP contribution in [0.15, 0.2) is 12.3 Å². The number of carboxylic acids is 1. The first-order chi connectivity index (χ1) is 8.96. The number of hydrogen-bond donors (Lipinski definition) is 1. The van der Waals surface area contributed by atoms with Gasteiger partial charge in [-0.1, -0.05) is 6.92 Å². The van der Waals surface area contributed by atoms with Crippen LogP contribution in [-0.2, 0) is 18.4 Å². The number of nitrogens with zero attached hydrogens (tertiary/aromatic N) is 6. The SMILES string of the molecule is CCC(C)(Cn1nnnc1-c1ccn(C)n1)C(=O)O. The van der Waals surface area contributed by atoms with Crippen LogP contribution in [0.25, 0.3) is 11.5 Å². The number of carbonyl (C=O) groups is 1. The van der Waals surface area contributed by atoms with E-state index in [0.29, 0.717) is 17.9 Å². The van der Waals surface area contributed by atoms with Gasteiger partial charge in [-0.05, 0) is 29.8 Å². The van der Waals surface area contributed by atoms with Crippen LogP contribution in [0.1, 0.15) is 20.3 Å². The molecular formula is C11H16N6O2. The number of hydrogen-bond acceptors (Lipinski definition) is 5. The van der Waals surface area contributed by atoms with Crippen molar-refractivity contribution in [3.8, 4) is 11.5 Å². The Morgan fingerprint density at radius 1 is 1.53 bits per heavy atom. The lowest BCUT2D eigenvalue weighted by Crippen LogP contribution is -2.32. The minimum atomic E-state index is -0.904. The Bertz CT molecular complexity index is 590. The molecule has 2 rings (SSSR count). The fourth-order valence-electron chi connectivity index (χ4n) is 1.69. The molecule has 2 aromatic rings. The summed E-state index contributed by atoms with van der Waals surface area (Å²) in [7, 11) is 1.80. The van der Waals surface area contributed by atoms with E-state index in [-0.39, 0.29) is 6.54 Å².